The van der Waals surface area contributed by atoms with Crippen LogP contribution in [0.5, 0.6) is 0 Å². The van der Waals surface area contributed by atoms with E-state index in [-0.39, 0.29) is 5.41 Å². The number of hydrogen-bond donors (Lipinski definition) is 0. The van der Waals surface area contributed by atoms with Crippen LogP contribution < -0.4 is 0 Å². The Morgan fingerprint density at radius 3 is 1.87 bits per heavy atom. The van der Waals surface area contributed by atoms with Gasteiger partial charge in [0.1, 0.15) is 0 Å². The standard InChI is InChI=1S/C11H20F3N/c1-10(2,3)9-4-6-15(7-5-9)8-11(12,13)14/h9H,4-8H2,1-3H3. The molecule has 1 aliphatic rings. The Bertz CT molecular complexity index is 197. The lowest BCUT2D eigenvalue weighted by atomic mass is 9.75. The fourth-order valence-electron chi connectivity index (χ4n) is 2.21. The third-order valence-electron chi connectivity index (χ3n) is 3.22. The molecule has 0 aromatic carbocycles. The Hall–Kier alpha value is -0.250. The summed E-state index contributed by atoms with van der Waals surface area (Å²) >= 11 is 0. The van der Waals surface area contributed by atoms with Crippen LogP contribution in [0.25, 0.3) is 0 Å². The summed E-state index contributed by atoms with van der Waals surface area (Å²) in [5.74, 6) is 0.557. The van der Waals surface area contributed by atoms with E-state index in [1.54, 1.807) is 0 Å². The molecule has 1 rings (SSSR count). The van der Waals surface area contributed by atoms with Crippen molar-refractivity contribution in [2.75, 3.05) is 19.6 Å². The molecule has 0 N–H and O–H groups in total. The molecule has 0 radical (unpaired) electrons. The highest BCUT2D eigenvalue weighted by molar-refractivity contribution is 4.81. The van der Waals surface area contributed by atoms with Gasteiger partial charge in [0.05, 0.1) is 6.54 Å². The average molecular weight is 223 g/mol. The van der Waals surface area contributed by atoms with Gasteiger partial charge in [-0.2, -0.15) is 13.2 Å². The highest BCUT2D eigenvalue weighted by Gasteiger charge is 2.34. The maximum atomic E-state index is 12.1. The van der Waals surface area contributed by atoms with Gasteiger partial charge in [-0.25, -0.2) is 0 Å². The van der Waals surface area contributed by atoms with Gasteiger partial charge in [0.15, 0.2) is 0 Å². The predicted octanol–water partition coefficient (Wildman–Crippen LogP) is 3.31. The molecule has 15 heavy (non-hydrogen) atoms. The summed E-state index contributed by atoms with van der Waals surface area (Å²) in [6.45, 7) is 6.91. The molecule has 0 aromatic heterocycles. The van der Waals surface area contributed by atoms with E-state index in [2.05, 4.69) is 20.8 Å². The van der Waals surface area contributed by atoms with Gasteiger partial charge >= 0.3 is 6.18 Å². The minimum Gasteiger partial charge on any atom is -0.295 e. The van der Waals surface area contributed by atoms with Crippen molar-refractivity contribution in [2.45, 2.75) is 39.8 Å². The normalized spacial score (nSPS) is 22.0. The molecule has 1 saturated heterocycles. The van der Waals surface area contributed by atoms with Crippen LogP contribution in [0.15, 0.2) is 0 Å². The molecule has 4 heteroatoms. The Kier molecular flexibility index (Phi) is 3.69. The van der Waals surface area contributed by atoms with Crippen molar-refractivity contribution >= 4 is 0 Å². The number of nitrogens with zero attached hydrogens (tertiary/aromatic N) is 1. The molecule has 0 spiro atoms. The van der Waals surface area contributed by atoms with E-state index in [1.807, 2.05) is 0 Å². The third-order valence-corrected chi connectivity index (χ3v) is 3.22. The Labute approximate surface area is 89.6 Å². The first-order valence-corrected chi connectivity index (χ1v) is 5.47. The lowest BCUT2D eigenvalue weighted by Gasteiger charge is -2.38. The van der Waals surface area contributed by atoms with Gasteiger partial charge in [-0.05, 0) is 37.3 Å². The van der Waals surface area contributed by atoms with Crippen LogP contribution in [0.4, 0.5) is 13.2 Å². The number of likely N-dealkylation sites (tertiary alicyclic amines) is 1. The first kappa shape index (κ1) is 12.8. The monoisotopic (exact) mass is 223 g/mol. The topological polar surface area (TPSA) is 3.24 Å². The van der Waals surface area contributed by atoms with Crippen molar-refractivity contribution < 1.29 is 13.2 Å². The first-order valence-electron chi connectivity index (χ1n) is 5.47. The minimum atomic E-state index is -4.05. The molecule has 1 heterocycles. The molecule has 0 amide bonds. The van der Waals surface area contributed by atoms with Crippen LogP contribution in [-0.4, -0.2) is 30.7 Å². The molecule has 0 saturated carbocycles. The maximum Gasteiger partial charge on any atom is 0.401 e. The van der Waals surface area contributed by atoms with E-state index in [0.29, 0.717) is 19.0 Å². The van der Waals surface area contributed by atoms with E-state index in [0.717, 1.165) is 12.8 Å². The molecule has 1 aliphatic heterocycles. The summed E-state index contributed by atoms with van der Waals surface area (Å²) in [4.78, 5) is 1.52. The van der Waals surface area contributed by atoms with E-state index >= 15 is 0 Å². The Balaban J connectivity index is 2.37. The van der Waals surface area contributed by atoms with Crippen LogP contribution >= 0.6 is 0 Å². The zero-order chi connectivity index (χ0) is 11.7. The highest BCUT2D eigenvalue weighted by atomic mass is 19.4. The van der Waals surface area contributed by atoms with Crippen LogP contribution in [0.1, 0.15) is 33.6 Å². The van der Waals surface area contributed by atoms with Gasteiger partial charge in [0.25, 0.3) is 0 Å². The molecule has 0 bridgehead atoms. The number of hydrogen-bond acceptors (Lipinski definition) is 1. The number of halogens is 3. The fraction of sp³-hybridized carbons (Fsp3) is 1.00. The molecule has 0 aliphatic carbocycles. The molecule has 1 nitrogen and oxygen atoms in total. The van der Waals surface area contributed by atoms with Crippen molar-refractivity contribution in [2.24, 2.45) is 11.3 Å². The van der Waals surface area contributed by atoms with Crippen molar-refractivity contribution in [3.05, 3.63) is 0 Å². The maximum absolute atomic E-state index is 12.1. The largest absolute Gasteiger partial charge is 0.401 e. The van der Waals surface area contributed by atoms with Gasteiger partial charge < -0.3 is 0 Å². The fourth-order valence-corrected chi connectivity index (χ4v) is 2.21. The number of piperidine rings is 1. The van der Waals surface area contributed by atoms with Gasteiger partial charge in [0, 0.05) is 0 Å². The summed E-state index contributed by atoms with van der Waals surface area (Å²) in [5, 5.41) is 0. The summed E-state index contributed by atoms with van der Waals surface area (Å²) < 4.78 is 36.4. The van der Waals surface area contributed by atoms with E-state index in [1.165, 1.54) is 4.90 Å². The van der Waals surface area contributed by atoms with Crippen molar-refractivity contribution in [1.29, 1.82) is 0 Å². The first-order chi connectivity index (χ1) is 6.68. The smallest absolute Gasteiger partial charge is 0.295 e. The zero-order valence-corrected chi connectivity index (χ0v) is 9.69. The van der Waals surface area contributed by atoms with Crippen LogP contribution in [0.3, 0.4) is 0 Å². The van der Waals surface area contributed by atoms with Gasteiger partial charge in [-0.15, -0.1) is 0 Å². The van der Waals surface area contributed by atoms with Gasteiger partial charge in [-0.1, -0.05) is 20.8 Å². The molecule has 90 valence electrons. The minimum absolute atomic E-state index is 0.227. The lowest BCUT2D eigenvalue weighted by molar-refractivity contribution is -0.149. The Morgan fingerprint density at radius 1 is 1.07 bits per heavy atom. The second kappa shape index (κ2) is 4.32. The van der Waals surface area contributed by atoms with Crippen molar-refractivity contribution in [3.8, 4) is 0 Å². The van der Waals surface area contributed by atoms with Crippen molar-refractivity contribution in [1.82, 2.24) is 4.90 Å². The quantitative estimate of drug-likeness (QED) is 0.659. The van der Waals surface area contributed by atoms with Crippen LogP contribution in [0, 0.1) is 11.3 Å². The second-order valence-corrected chi connectivity index (χ2v) is 5.53. The second-order valence-electron chi connectivity index (χ2n) is 5.53. The Morgan fingerprint density at radius 2 is 1.53 bits per heavy atom. The molecule has 0 aromatic rings. The van der Waals surface area contributed by atoms with Crippen LogP contribution in [-0.2, 0) is 0 Å². The summed E-state index contributed by atoms with van der Waals surface area (Å²) in [6, 6.07) is 0. The number of alkyl halides is 3. The lowest BCUT2D eigenvalue weighted by Crippen LogP contribution is -2.42. The zero-order valence-electron chi connectivity index (χ0n) is 9.69. The summed E-state index contributed by atoms with van der Waals surface area (Å²) in [6.07, 6.45) is -2.27. The molecule has 0 unspecified atom stereocenters. The molecular formula is C11H20F3N. The van der Waals surface area contributed by atoms with Gasteiger partial charge in [0.2, 0.25) is 0 Å². The van der Waals surface area contributed by atoms with Gasteiger partial charge in [-0.3, -0.25) is 4.90 Å². The molecule has 1 fully saturated rings. The predicted molar refractivity (Wildman–Crippen MR) is 54.7 cm³/mol. The molecule has 0 atom stereocenters. The van der Waals surface area contributed by atoms with E-state index in [9.17, 15) is 13.2 Å². The average Bonchev–Trinajstić information content (AvgIpc) is 2.00. The third kappa shape index (κ3) is 4.41. The highest BCUT2D eigenvalue weighted by Crippen LogP contribution is 2.34. The van der Waals surface area contributed by atoms with Crippen LogP contribution in [0.2, 0.25) is 0 Å². The SMILES string of the molecule is CC(C)(C)C1CCN(CC(F)(F)F)CC1. The summed E-state index contributed by atoms with van der Waals surface area (Å²) in [7, 11) is 0. The van der Waals surface area contributed by atoms with Crippen molar-refractivity contribution in [3.63, 3.8) is 0 Å². The summed E-state index contributed by atoms with van der Waals surface area (Å²) in [5.41, 5.74) is 0.227. The number of rotatable bonds is 1. The van der Waals surface area contributed by atoms with E-state index in [4.69, 9.17) is 0 Å². The van der Waals surface area contributed by atoms with E-state index < -0.39 is 12.7 Å². The molecular weight excluding hydrogens is 203 g/mol.